The van der Waals surface area contributed by atoms with Gasteiger partial charge in [0.05, 0.1) is 18.6 Å². The van der Waals surface area contributed by atoms with Crippen molar-refractivity contribution in [2.75, 3.05) is 13.2 Å². The maximum absolute atomic E-state index is 10.5. The number of esters is 1. The van der Waals surface area contributed by atoms with Gasteiger partial charge in [0.15, 0.2) is 0 Å². The molecule has 0 aromatic rings. The minimum atomic E-state index is -0.373. The van der Waals surface area contributed by atoms with Gasteiger partial charge in [-0.1, -0.05) is 6.92 Å². The summed E-state index contributed by atoms with van der Waals surface area (Å²) in [5.74, 6) is -0.278. The number of ether oxygens (including phenoxy) is 1. The van der Waals surface area contributed by atoms with Gasteiger partial charge in [-0.3, -0.25) is 20.0 Å². The van der Waals surface area contributed by atoms with E-state index >= 15 is 0 Å². The van der Waals surface area contributed by atoms with Gasteiger partial charge in [-0.2, -0.15) is 0 Å². The van der Waals surface area contributed by atoms with Crippen LogP contribution in [0.2, 0.25) is 0 Å². The molecule has 0 bridgehead atoms. The lowest BCUT2D eigenvalue weighted by Gasteiger charge is -2.05. The summed E-state index contributed by atoms with van der Waals surface area (Å²) in [6.07, 6.45) is 0.760. The Morgan fingerprint density at radius 2 is 2.08 bits per heavy atom. The lowest BCUT2D eigenvalue weighted by atomic mass is 10.5. The molecule has 0 amide bonds. The van der Waals surface area contributed by atoms with Crippen LogP contribution in [0, 0.1) is 0 Å². The van der Waals surface area contributed by atoms with Crippen LogP contribution in [0.4, 0.5) is 0 Å². The molecule has 0 spiro atoms. The highest BCUT2D eigenvalue weighted by Crippen LogP contribution is 1.89. The molecule has 0 aliphatic heterocycles. The lowest BCUT2D eigenvalue weighted by molar-refractivity contribution is -0.492. The molecule has 0 heterocycles. The molecular weight excluding hydrogens is 166 g/mol. The molecule has 2 N–H and O–H groups in total. The molecule has 0 saturated heterocycles. The normalized spacial score (nSPS) is 10.3. The van der Waals surface area contributed by atoms with Crippen molar-refractivity contribution in [2.24, 2.45) is 0 Å². The Bertz CT molecular complexity index is 127. The minimum Gasteiger partial charge on any atom is -0.466 e. The third kappa shape index (κ3) is 7.42. The first-order valence-corrected chi connectivity index (χ1v) is 3.63. The molecule has 6 nitrogen and oxygen atoms in total. The first-order chi connectivity index (χ1) is 5.66. The summed E-state index contributed by atoms with van der Waals surface area (Å²) >= 11 is 0. The smallest absolute Gasteiger partial charge is 0.305 e. The molecule has 0 aromatic heterocycles. The van der Waals surface area contributed by atoms with Gasteiger partial charge in [0, 0.05) is 12.8 Å². The van der Waals surface area contributed by atoms with Crippen LogP contribution >= 0.6 is 0 Å². The zero-order valence-electron chi connectivity index (χ0n) is 6.89. The van der Waals surface area contributed by atoms with E-state index < -0.39 is 0 Å². The molecule has 12 heavy (non-hydrogen) atoms. The van der Waals surface area contributed by atoms with Crippen molar-refractivity contribution in [2.45, 2.75) is 19.8 Å². The van der Waals surface area contributed by atoms with Crippen molar-refractivity contribution < 1.29 is 24.8 Å². The van der Waals surface area contributed by atoms with E-state index in [-0.39, 0.29) is 24.6 Å². The summed E-state index contributed by atoms with van der Waals surface area (Å²) in [7, 11) is 0. The van der Waals surface area contributed by atoms with Gasteiger partial charge in [-0.15, -0.1) is 0 Å². The van der Waals surface area contributed by atoms with Crippen molar-refractivity contribution in [3.63, 3.8) is 0 Å². The van der Waals surface area contributed by atoms with Crippen molar-refractivity contribution in [3.05, 3.63) is 0 Å². The Balaban J connectivity index is 3.05. The van der Waals surface area contributed by atoms with Gasteiger partial charge in [-0.25, -0.2) is 0 Å². The zero-order valence-corrected chi connectivity index (χ0v) is 6.89. The van der Waals surface area contributed by atoms with E-state index in [0.29, 0.717) is 12.8 Å². The predicted molar refractivity (Wildman–Crippen MR) is 37.2 cm³/mol. The Labute approximate surface area is 70.2 Å². The Morgan fingerprint density at radius 3 is 2.58 bits per heavy atom. The fraction of sp³-hybridized carbons (Fsp3) is 0.833. The van der Waals surface area contributed by atoms with Crippen LogP contribution in [0.1, 0.15) is 19.8 Å². The molecule has 0 aliphatic rings. The van der Waals surface area contributed by atoms with E-state index in [1.165, 1.54) is 0 Å². The van der Waals surface area contributed by atoms with E-state index in [1.807, 2.05) is 0 Å². The number of rotatable bonds is 6. The SMILES string of the molecule is CCC(=O)OCCCON(O)O. The van der Waals surface area contributed by atoms with Gasteiger partial charge >= 0.3 is 5.97 Å². The first kappa shape index (κ1) is 11.3. The van der Waals surface area contributed by atoms with Crippen LogP contribution in [0.5, 0.6) is 0 Å². The standard InChI is InChI=1S/C6H13NO5/c1-2-6(8)11-4-3-5-12-7(9)10/h9-10H,2-5H2,1H3. The lowest BCUT2D eigenvalue weighted by Crippen LogP contribution is -2.16. The predicted octanol–water partition coefficient (Wildman–Crippen LogP) is 0.342. The Morgan fingerprint density at radius 1 is 1.42 bits per heavy atom. The second kappa shape index (κ2) is 6.99. The summed E-state index contributed by atoms with van der Waals surface area (Å²) < 4.78 is 4.67. The second-order valence-electron chi connectivity index (χ2n) is 2.01. The highest BCUT2D eigenvalue weighted by molar-refractivity contribution is 5.68. The summed E-state index contributed by atoms with van der Waals surface area (Å²) in [5.41, 5.74) is 0. The number of carbonyl (C=O) groups excluding carboxylic acids is 1. The summed E-state index contributed by atoms with van der Waals surface area (Å²) in [6, 6.07) is 0. The van der Waals surface area contributed by atoms with Crippen LogP contribution in [0.3, 0.4) is 0 Å². The molecule has 0 atom stereocenters. The largest absolute Gasteiger partial charge is 0.466 e. The molecule has 0 fully saturated rings. The van der Waals surface area contributed by atoms with Crippen LogP contribution in [0.15, 0.2) is 0 Å². The van der Waals surface area contributed by atoms with Crippen LogP contribution < -0.4 is 0 Å². The zero-order chi connectivity index (χ0) is 9.40. The molecule has 6 heteroatoms. The monoisotopic (exact) mass is 179 g/mol. The maximum atomic E-state index is 10.5. The van der Waals surface area contributed by atoms with E-state index in [2.05, 4.69) is 9.57 Å². The number of carbonyl (C=O) groups is 1. The molecule has 0 rings (SSSR count). The van der Waals surface area contributed by atoms with E-state index in [0.717, 1.165) is 0 Å². The van der Waals surface area contributed by atoms with Gasteiger partial charge in [0.2, 0.25) is 0 Å². The molecule has 0 saturated carbocycles. The van der Waals surface area contributed by atoms with Crippen molar-refractivity contribution in [1.82, 2.24) is 5.39 Å². The molecular formula is C6H13NO5. The topological polar surface area (TPSA) is 79.2 Å². The highest BCUT2D eigenvalue weighted by Gasteiger charge is 1.98. The summed E-state index contributed by atoms with van der Waals surface area (Å²) in [5, 5.41) is 15.8. The van der Waals surface area contributed by atoms with Gasteiger partial charge in [0.25, 0.3) is 0 Å². The second-order valence-corrected chi connectivity index (χ2v) is 2.01. The van der Waals surface area contributed by atoms with Crippen molar-refractivity contribution in [1.29, 1.82) is 0 Å². The van der Waals surface area contributed by atoms with Gasteiger partial charge in [-0.05, 0) is 0 Å². The van der Waals surface area contributed by atoms with Gasteiger partial charge in [0.1, 0.15) is 0 Å². The third-order valence-electron chi connectivity index (χ3n) is 1.05. The molecule has 0 aromatic carbocycles. The third-order valence-corrected chi connectivity index (χ3v) is 1.05. The quantitative estimate of drug-likeness (QED) is 0.348. The molecule has 0 aliphatic carbocycles. The van der Waals surface area contributed by atoms with Gasteiger partial charge < -0.3 is 4.74 Å². The maximum Gasteiger partial charge on any atom is 0.305 e. The van der Waals surface area contributed by atoms with E-state index in [4.69, 9.17) is 10.4 Å². The highest BCUT2D eigenvalue weighted by atomic mass is 17.1. The van der Waals surface area contributed by atoms with E-state index in [1.54, 1.807) is 6.92 Å². The minimum absolute atomic E-state index is 0.0873. The average Bonchev–Trinajstić information content (AvgIpc) is 2.03. The Kier molecular flexibility index (Phi) is 6.58. The number of hydrogen-bond acceptors (Lipinski definition) is 6. The van der Waals surface area contributed by atoms with Crippen LogP contribution in [-0.4, -0.2) is 35.0 Å². The molecule has 72 valence electrons. The number of hydrogen-bond donors (Lipinski definition) is 2. The summed E-state index contributed by atoms with van der Waals surface area (Å²) in [4.78, 5) is 14.7. The molecule has 0 unspecified atom stereocenters. The van der Waals surface area contributed by atoms with Crippen molar-refractivity contribution in [3.8, 4) is 0 Å². The average molecular weight is 179 g/mol. The van der Waals surface area contributed by atoms with E-state index in [9.17, 15) is 4.79 Å². The fourth-order valence-electron chi connectivity index (χ4n) is 0.493. The summed E-state index contributed by atoms with van der Waals surface area (Å²) in [6.45, 7) is 2.01. The van der Waals surface area contributed by atoms with Crippen molar-refractivity contribution >= 4 is 5.97 Å². The van der Waals surface area contributed by atoms with Crippen LogP contribution in [0.25, 0.3) is 0 Å². The van der Waals surface area contributed by atoms with Crippen LogP contribution in [-0.2, 0) is 14.4 Å². The first-order valence-electron chi connectivity index (χ1n) is 3.63. The fourth-order valence-corrected chi connectivity index (χ4v) is 0.493. The molecule has 0 radical (unpaired) electrons. The number of nitrogens with zero attached hydrogens (tertiary/aromatic N) is 1. The Hall–Kier alpha value is -0.690.